The van der Waals surface area contributed by atoms with Gasteiger partial charge in [-0.3, -0.25) is 4.79 Å². The van der Waals surface area contributed by atoms with E-state index in [1.165, 1.54) is 11.3 Å². The summed E-state index contributed by atoms with van der Waals surface area (Å²) in [6.07, 6.45) is 2.54. The molecule has 1 saturated carbocycles. The summed E-state index contributed by atoms with van der Waals surface area (Å²) in [5.41, 5.74) is 6.30. The number of nitrogens with one attached hydrogen (secondary N) is 1. The molecule has 5 nitrogen and oxygen atoms in total. The molecule has 0 aliphatic heterocycles. The molecule has 1 heterocycles. The van der Waals surface area contributed by atoms with Crippen LogP contribution < -0.4 is 15.8 Å². The van der Waals surface area contributed by atoms with Crippen LogP contribution in [0.1, 0.15) is 30.5 Å². The Morgan fingerprint density at radius 1 is 1.44 bits per heavy atom. The third-order valence-corrected chi connectivity index (χ3v) is 5.57. The summed E-state index contributed by atoms with van der Waals surface area (Å²) < 4.78 is 5.68. The molecule has 1 amide bonds. The van der Waals surface area contributed by atoms with Gasteiger partial charge >= 0.3 is 0 Å². The van der Waals surface area contributed by atoms with Crippen LogP contribution in [0.3, 0.4) is 0 Å². The minimum absolute atomic E-state index is 0.0321. The number of carbonyl (C=O) groups is 1. The molecule has 1 aromatic carbocycles. The first-order valence-electron chi connectivity index (χ1n) is 8.31. The predicted molar refractivity (Wildman–Crippen MR) is 99.9 cm³/mol. The number of benzene rings is 1. The summed E-state index contributed by atoms with van der Waals surface area (Å²) in [4.78, 5) is 16.8. The van der Waals surface area contributed by atoms with Gasteiger partial charge in [-0.1, -0.05) is 11.6 Å². The van der Waals surface area contributed by atoms with Gasteiger partial charge in [0.05, 0.1) is 17.7 Å². The van der Waals surface area contributed by atoms with E-state index in [1.54, 1.807) is 12.1 Å². The molecule has 0 bridgehead atoms. The average Bonchev–Trinajstić information content (AvgIpc) is 3.36. The number of aromatic nitrogens is 1. The third-order valence-electron chi connectivity index (χ3n) is 4.44. The van der Waals surface area contributed by atoms with Crippen LogP contribution in [0.4, 0.5) is 0 Å². The fraction of sp³-hybridized carbons (Fsp3) is 0.444. The number of halogens is 1. The smallest absolute Gasteiger partial charge is 0.226 e. The van der Waals surface area contributed by atoms with E-state index < -0.39 is 0 Å². The fourth-order valence-corrected chi connectivity index (χ4v) is 3.57. The van der Waals surface area contributed by atoms with Crippen LogP contribution in [0.25, 0.3) is 0 Å². The van der Waals surface area contributed by atoms with Crippen LogP contribution in [-0.4, -0.2) is 23.0 Å². The van der Waals surface area contributed by atoms with Crippen LogP contribution in [0.2, 0.25) is 5.02 Å². The molecule has 1 aliphatic carbocycles. The lowest BCUT2D eigenvalue weighted by molar-refractivity contribution is -0.122. The minimum atomic E-state index is -0.298. The maximum Gasteiger partial charge on any atom is 0.226 e. The van der Waals surface area contributed by atoms with Gasteiger partial charge < -0.3 is 15.8 Å². The molecule has 0 radical (unpaired) electrons. The number of amides is 1. The van der Waals surface area contributed by atoms with Crippen LogP contribution >= 0.6 is 22.9 Å². The second kappa shape index (κ2) is 7.72. The van der Waals surface area contributed by atoms with Gasteiger partial charge in [0.25, 0.3) is 0 Å². The Morgan fingerprint density at radius 2 is 2.16 bits per heavy atom. The van der Waals surface area contributed by atoms with E-state index >= 15 is 0 Å². The summed E-state index contributed by atoms with van der Waals surface area (Å²) in [6.45, 7) is 2.85. The lowest BCUT2D eigenvalue weighted by Crippen LogP contribution is -2.53. The Morgan fingerprint density at radius 3 is 2.80 bits per heavy atom. The van der Waals surface area contributed by atoms with E-state index in [-0.39, 0.29) is 17.9 Å². The highest BCUT2D eigenvalue weighted by Gasteiger charge is 2.41. The van der Waals surface area contributed by atoms with Gasteiger partial charge in [-0.25, -0.2) is 4.98 Å². The molecular formula is C18H22ClN3O2S. The molecule has 0 spiro atoms. The van der Waals surface area contributed by atoms with Crippen molar-refractivity contribution in [3.05, 3.63) is 45.4 Å². The Bertz CT molecular complexity index is 730. The Kier molecular flexibility index (Phi) is 5.61. The molecule has 2 aromatic rings. The van der Waals surface area contributed by atoms with Gasteiger partial charge in [-0.15, -0.1) is 11.3 Å². The normalized spacial score (nSPS) is 16.3. The summed E-state index contributed by atoms with van der Waals surface area (Å²) in [5, 5.41) is 6.49. The van der Waals surface area contributed by atoms with Crippen molar-refractivity contribution in [1.29, 1.82) is 0 Å². The van der Waals surface area contributed by atoms with Crippen molar-refractivity contribution in [3.8, 4) is 5.75 Å². The first kappa shape index (κ1) is 18.2. The fourth-order valence-electron chi connectivity index (χ4n) is 2.74. The summed E-state index contributed by atoms with van der Waals surface area (Å²) >= 11 is 7.34. The molecular weight excluding hydrogens is 358 g/mol. The van der Waals surface area contributed by atoms with Gasteiger partial charge in [-0.05, 0) is 49.9 Å². The summed E-state index contributed by atoms with van der Waals surface area (Å²) in [7, 11) is 0. The first-order chi connectivity index (χ1) is 12.0. The van der Waals surface area contributed by atoms with Crippen LogP contribution in [0, 0.1) is 5.92 Å². The molecule has 134 valence electrons. The molecule has 25 heavy (non-hydrogen) atoms. The van der Waals surface area contributed by atoms with Crippen molar-refractivity contribution in [2.24, 2.45) is 11.7 Å². The van der Waals surface area contributed by atoms with Crippen LogP contribution in [0.15, 0.2) is 29.6 Å². The van der Waals surface area contributed by atoms with Gasteiger partial charge in [0, 0.05) is 16.9 Å². The zero-order valence-electron chi connectivity index (χ0n) is 14.1. The minimum Gasteiger partial charge on any atom is -0.486 e. The largest absolute Gasteiger partial charge is 0.486 e. The quantitative estimate of drug-likeness (QED) is 0.738. The number of hydrogen-bond donors (Lipinski definition) is 2. The first-order valence-corrected chi connectivity index (χ1v) is 9.57. The van der Waals surface area contributed by atoms with Crippen LogP contribution in [0.5, 0.6) is 5.75 Å². The van der Waals surface area contributed by atoms with Crippen molar-refractivity contribution in [3.63, 3.8) is 0 Å². The predicted octanol–water partition coefficient (Wildman–Crippen LogP) is 3.16. The van der Waals surface area contributed by atoms with E-state index in [0.717, 1.165) is 29.3 Å². The second-order valence-corrected chi connectivity index (χ2v) is 7.98. The number of carbonyl (C=O) groups excluding carboxylic acids is 1. The van der Waals surface area contributed by atoms with Crippen molar-refractivity contribution in [1.82, 2.24) is 10.3 Å². The Hall–Kier alpha value is -1.63. The lowest BCUT2D eigenvalue weighted by Gasteiger charge is -2.29. The maximum absolute atomic E-state index is 12.3. The second-order valence-electron chi connectivity index (χ2n) is 6.60. The van der Waals surface area contributed by atoms with Crippen LogP contribution in [-0.2, 0) is 17.8 Å². The zero-order chi connectivity index (χ0) is 17.9. The molecule has 1 aromatic heterocycles. The molecule has 1 fully saturated rings. The molecule has 1 aliphatic rings. The number of thiazole rings is 1. The topological polar surface area (TPSA) is 77.2 Å². The molecule has 0 saturated heterocycles. The number of nitrogens with two attached hydrogens (primary N) is 1. The van der Waals surface area contributed by atoms with Gasteiger partial charge in [0.15, 0.2) is 0 Å². The van der Waals surface area contributed by atoms with E-state index in [9.17, 15) is 4.79 Å². The van der Waals surface area contributed by atoms with Crippen molar-refractivity contribution in [2.45, 2.75) is 38.3 Å². The van der Waals surface area contributed by atoms with Crippen molar-refractivity contribution < 1.29 is 9.53 Å². The standard InChI is InChI=1S/C18H22ClN3O2S/c1-18(11-20,12-2-3-12)22-16(23)8-14-10-25-17(21-14)9-24-15-6-4-13(19)5-7-15/h4-7,10,12H,2-3,8-9,11,20H2,1H3,(H,22,23). The monoisotopic (exact) mass is 379 g/mol. The molecule has 3 N–H and O–H groups in total. The summed E-state index contributed by atoms with van der Waals surface area (Å²) in [6, 6.07) is 7.19. The van der Waals surface area contributed by atoms with Gasteiger partial charge in [0.2, 0.25) is 5.91 Å². The number of ether oxygens (including phenoxy) is 1. The maximum atomic E-state index is 12.3. The number of hydrogen-bond acceptors (Lipinski definition) is 5. The summed E-state index contributed by atoms with van der Waals surface area (Å²) in [5.74, 6) is 1.21. The Balaban J connectivity index is 1.51. The van der Waals surface area contributed by atoms with Crippen molar-refractivity contribution in [2.75, 3.05) is 6.54 Å². The third kappa shape index (κ3) is 4.93. The number of nitrogens with zero attached hydrogens (tertiary/aromatic N) is 1. The highest BCUT2D eigenvalue weighted by Crippen LogP contribution is 2.39. The van der Waals surface area contributed by atoms with E-state index in [4.69, 9.17) is 22.1 Å². The van der Waals surface area contributed by atoms with E-state index in [1.807, 2.05) is 24.4 Å². The molecule has 1 unspecified atom stereocenters. The molecule has 1 atom stereocenters. The molecule has 7 heteroatoms. The Labute approximate surface area is 156 Å². The van der Waals surface area contributed by atoms with Crippen molar-refractivity contribution >= 4 is 28.8 Å². The van der Waals surface area contributed by atoms with E-state index in [2.05, 4.69) is 10.3 Å². The SMILES string of the molecule is CC(CN)(NC(=O)Cc1csc(COc2ccc(Cl)cc2)n1)C1CC1. The van der Waals surface area contributed by atoms with Gasteiger partial charge in [0.1, 0.15) is 17.4 Å². The number of rotatable bonds is 8. The molecule has 3 rings (SSSR count). The average molecular weight is 380 g/mol. The highest BCUT2D eigenvalue weighted by atomic mass is 35.5. The zero-order valence-corrected chi connectivity index (χ0v) is 15.7. The lowest BCUT2D eigenvalue weighted by atomic mass is 9.95. The highest BCUT2D eigenvalue weighted by molar-refractivity contribution is 7.09. The van der Waals surface area contributed by atoms with E-state index in [0.29, 0.717) is 24.1 Å². The van der Waals surface area contributed by atoms with Gasteiger partial charge in [-0.2, -0.15) is 0 Å².